The Morgan fingerprint density at radius 1 is 1.21 bits per heavy atom. The van der Waals surface area contributed by atoms with Crippen molar-refractivity contribution in [3.63, 3.8) is 0 Å². The number of nitrogens with zero attached hydrogens (tertiary/aromatic N) is 1. The highest BCUT2D eigenvalue weighted by molar-refractivity contribution is 8.22. The van der Waals surface area contributed by atoms with Gasteiger partial charge in [0.15, 0.2) is 4.91 Å². The van der Waals surface area contributed by atoms with E-state index >= 15 is 0 Å². The molecular formula is C13H15NO2S3. The minimum Gasteiger partial charge on any atom is -0.218 e. The van der Waals surface area contributed by atoms with Gasteiger partial charge in [-0.1, -0.05) is 12.1 Å². The zero-order chi connectivity index (χ0) is 14.6. The van der Waals surface area contributed by atoms with Crippen molar-refractivity contribution in [1.29, 1.82) is 5.26 Å². The van der Waals surface area contributed by atoms with Crippen molar-refractivity contribution >= 4 is 33.4 Å². The molecule has 0 aliphatic carbocycles. The lowest BCUT2D eigenvalue weighted by Gasteiger charge is -2.10. The van der Waals surface area contributed by atoms with Gasteiger partial charge in [0.25, 0.3) is 0 Å². The second kappa shape index (κ2) is 6.51. The van der Waals surface area contributed by atoms with Crippen LogP contribution in [0.15, 0.2) is 32.2 Å². The molecule has 0 saturated heterocycles. The van der Waals surface area contributed by atoms with Crippen LogP contribution in [-0.2, 0) is 9.84 Å². The number of hydrogen-bond donors (Lipinski definition) is 0. The fourth-order valence-electron chi connectivity index (χ4n) is 1.59. The summed E-state index contributed by atoms with van der Waals surface area (Å²) in [7, 11) is -3.75. The summed E-state index contributed by atoms with van der Waals surface area (Å²) in [5.41, 5.74) is 1.51. The summed E-state index contributed by atoms with van der Waals surface area (Å²) in [5, 5.41) is 9.20. The van der Waals surface area contributed by atoms with Crippen molar-refractivity contribution in [3.05, 3.63) is 38.5 Å². The number of hydrogen-bond acceptors (Lipinski definition) is 5. The largest absolute Gasteiger partial charge is 0.218 e. The van der Waals surface area contributed by atoms with Gasteiger partial charge >= 0.3 is 0 Å². The Labute approximate surface area is 123 Å². The summed E-state index contributed by atoms with van der Waals surface area (Å²) in [6.07, 6.45) is 3.53. The van der Waals surface area contributed by atoms with Gasteiger partial charge in [0.05, 0.1) is 9.13 Å². The lowest BCUT2D eigenvalue weighted by atomic mass is 10.2. The maximum absolute atomic E-state index is 12.6. The molecular weight excluding hydrogens is 298 g/mol. The molecule has 6 heteroatoms. The molecule has 0 radical (unpaired) electrons. The molecule has 1 aromatic rings. The summed E-state index contributed by atoms with van der Waals surface area (Å²) in [4.78, 5) is 0.0471. The Kier molecular flexibility index (Phi) is 5.53. The molecule has 0 unspecified atom stereocenters. The van der Waals surface area contributed by atoms with E-state index in [-0.39, 0.29) is 9.80 Å². The second-order valence-corrected chi connectivity index (χ2v) is 7.66. The zero-order valence-electron chi connectivity index (χ0n) is 11.2. The fourth-order valence-corrected chi connectivity index (χ4v) is 5.27. The van der Waals surface area contributed by atoms with Crippen LogP contribution in [0.25, 0.3) is 0 Å². The first-order chi connectivity index (χ1) is 8.88. The molecule has 0 aliphatic rings. The molecule has 1 aromatic carbocycles. The summed E-state index contributed by atoms with van der Waals surface area (Å²) >= 11 is 2.55. The average molecular weight is 313 g/mol. The first kappa shape index (κ1) is 16.2. The van der Waals surface area contributed by atoms with Crippen LogP contribution < -0.4 is 0 Å². The summed E-state index contributed by atoms with van der Waals surface area (Å²) in [6.45, 7) is 3.57. The minimum absolute atomic E-state index is 0.166. The van der Waals surface area contributed by atoms with Gasteiger partial charge in [-0.3, -0.25) is 0 Å². The van der Waals surface area contributed by atoms with Crippen LogP contribution in [0.1, 0.15) is 11.1 Å². The second-order valence-electron chi connectivity index (χ2n) is 3.91. The van der Waals surface area contributed by atoms with Crippen molar-refractivity contribution in [3.8, 4) is 6.07 Å². The van der Waals surface area contributed by atoms with Gasteiger partial charge in [0, 0.05) is 0 Å². The molecule has 0 saturated carbocycles. The van der Waals surface area contributed by atoms with Crippen LogP contribution in [0.5, 0.6) is 0 Å². The van der Waals surface area contributed by atoms with E-state index in [0.29, 0.717) is 9.80 Å². The van der Waals surface area contributed by atoms with Crippen LogP contribution in [0.2, 0.25) is 0 Å². The molecule has 0 N–H and O–H groups in total. The van der Waals surface area contributed by atoms with Gasteiger partial charge in [0.1, 0.15) is 6.07 Å². The van der Waals surface area contributed by atoms with E-state index in [1.165, 1.54) is 23.5 Å². The molecule has 0 aromatic heterocycles. The van der Waals surface area contributed by atoms with Gasteiger partial charge in [-0.15, -0.1) is 23.5 Å². The van der Waals surface area contributed by atoms with Crippen LogP contribution >= 0.6 is 23.5 Å². The Bertz CT molecular complexity index is 649. The Hall–Kier alpha value is -0.900. The van der Waals surface area contributed by atoms with Crippen molar-refractivity contribution in [2.45, 2.75) is 18.7 Å². The average Bonchev–Trinajstić information content (AvgIpc) is 2.38. The molecule has 0 bridgehead atoms. The van der Waals surface area contributed by atoms with E-state index in [1.54, 1.807) is 31.6 Å². The molecule has 102 valence electrons. The van der Waals surface area contributed by atoms with E-state index in [2.05, 4.69) is 0 Å². The molecule has 0 fully saturated rings. The number of aryl methyl sites for hydroxylation is 2. The first-order valence-corrected chi connectivity index (χ1v) is 9.36. The van der Waals surface area contributed by atoms with Crippen LogP contribution in [-0.4, -0.2) is 20.9 Å². The summed E-state index contributed by atoms with van der Waals surface area (Å²) in [5.74, 6) is 0. The van der Waals surface area contributed by atoms with Crippen molar-refractivity contribution in [1.82, 2.24) is 0 Å². The van der Waals surface area contributed by atoms with E-state index in [1.807, 2.05) is 19.1 Å². The standard InChI is InChI=1S/C13H15NO2S3/c1-9-5-6-10(2)11(7-9)19(15,16)12(8-14)13(17-3)18-4/h5-7H,1-4H3. The quantitative estimate of drug-likeness (QED) is 0.796. The number of allylic oxidation sites excluding steroid dienone is 1. The number of sulfone groups is 1. The number of rotatable bonds is 4. The zero-order valence-corrected chi connectivity index (χ0v) is 13.7. The van der Waals surface area contributed by atoms with Gasteiger partial charge in [0.2, 0.25) is 9.84 Å². The maximum Gasteiger partial charge on any atom is 0.218 e. The number of thioether (sulfide) groups is 2. The number of benzene rings is 1. The van der Waals surface area contributed by atoms with E-state index in [9.17, 15) is 13.7 Å². The molecule has 0 spiro atoms. The van der Waals surface area contributed by atoms with Crippen molar-refractivity contribution < 1.29 is 8.42 Å². The van der Waals surface area contributed by atoms with Crippen LogP contribution in [0.3, 0.4) is 0 Å². The third-order valence-electron chi connectivity index (χ3n) is 2.56. The summed E-state index contributed by atoms with van der Waals surface area (Å²) in [6, 6.07) is 7.07. The molecule has 0 atom stereocenters. The minimum atomic E-state index is -3.75. The van der Waals surface area contributed by atoms with Crippen molar-refractivity contribution in [2.75, 3.05) is 12.5 Å². The van der Waals surface area contributed by atoms with Crippen molar-refractivity contribution in [2.24, 2.45) is 0 Å². The Morgan fingerprint density at radius 3 is 2.26 bits per heavy atom. The maximum atomic E-state index is 12.6. The molecule has 0 amide bonds. The molecule has 0 aliphatic heterocycles. The van der Waals surface area contributed by atoms with Gasteiger partial charge < -0.3 is 0 Å². The van der Waals surface area contributed by atoms with Crippen LogP contribution in [0.4, 0.5) is 0 Å². The highest BCUT2D eigenvalue weighted by atomic mass is 32.2. The topological polar surface area (TPSA) is 57.9 Å². The lowest BCUT2D eigenvalue weighted by Crippen LogP contribution is -2.07. The highest BCUT2D eigenvalue weighted by Crippen LogP contribution is 2.34. The molecule has 19 heavy (non-hydrogen) atoms. The predicted octanol–water partition coefficient (Wildman–Crippen LogP) is 3.50. The SMILES string of the molecule is CSC(SC)=C(C#N)S(=O)(=O)c1cc(C)ccc1C. The van der Waals surface area contributed by atoms with Gasteiger partial charge in [-0.2, -0.15) is 5.26 Å². The normalized spacial score (nSPS) is 10.9. The van der Waals surface area contributed by atoms with Gasteiger partial charge in [-0.25, -0.2) is 8.42 Å². The monoisotopic (exact) mass is 313 g/mol. The van der Waals surface area contributed by atoms with Gasteiger partial charge in [-0.05, 0) is 43.6 Å². The molecule has 0 heterocycles. The first-order valence-electron chi connectivity index (χ1n) is 5.43. The fraction of sp³-hybridized carbons (Fsp3) is 0.308. The third-order valence-corrected chi connectivity index (χ3v) is 6.82. The smallest absolute Gasteiger partial charge is 0.218 e. The summed E-state index contributed by atoms with van der Waals surface area (Å²) < 4.78 is 25.7. The third kappa shape index (κ3) is 3.35. The van der Waals surface area contributed by atoms with E-state index in [4.69, 9.17) is 0 Å². The highest BCUT2D eigenvalue weighted by Gasteiger charge is 2.26. The van der Waals surface area contributed by atoms with Crippen LogP contribution in [0, 0.1) is 25.2 Å². The molecule has 3 nitrogen and oxygen atoms in total. The van der Waals surface area contributed by atoms with E-state index in [0.717, 1.165) is 5.56 Å². The number of nitriles is 1. The Morgan fingerprint density at radius 2 is 1.79 bits per heavy atom. The molecule has 1 rings (SSSR count). The Balaban J connectivity index is 3.60. The predicted molar refractivity (Wildman–Crippen MR) is 82.8 cm³/mol. The van der Waals surface area contributed by atoms with E-state index < -0.39 is 9.84 Å². The lowest BCUT2D eigenvalue weighted by molar-refractivity contribution is 0.602.